The summed E-state index contributed by atoms with van der Waals surface area (Å²) >= 11 is 0. The molecule has 0 saturated heterocycles. The largest absolute Gasteiger partial charge is 0.309 e. The molecule has 0 aliphatic carbocycles. The highest BCUT2D eigenvalue weighted by Crippen LogP contribution is 2.32. The maximum absolute atomic E-state index is 3.66. The Kier molecular flexibility index (Phi) is 3.11. The van der Waals surface area contributed by atoms with Crippen LogP contribution in [0.25, 0.3) is 0 Å². The summed E-state index contributed by atoms with van der Waals surface area (Å²) in [5.74, 6) is 1.41. The van der Waals surface area contributed by atoms with Gasteiger partial charge in [0.15, 0.2) is 0 Å². The lowest BCUT2D eigenvalue weighted by Crippen LogP contribution is -2.32. The molecule has 2 rings (SSSR count). The van der Waals surface area contributed by atoms with Crippen LogP contribution in [0.5, 0.6) is 0 Å². The second-order valence-corrected chi connectivity index (χ2v) is 5.12. The molecule has 1 aromatic carbocycles. The zero-order valence-electron chi connectivity index (χ0n) is 9.96. The molecule has 2 unspecified atom stereocenters. The Balaban J connectivity index is 2.28. The fourth-order valence-electron chi connectivity index (χ4n) is 2.50. The standard InChI is InChI=1S/C14H21N/c1-10(2)8-14-13-7-5-4-6-12(13)11(3)9-15-14/h4-7,10-11,14-15H,8-9H2,1-3H3. The van der Waals surface area contributed by atoms with Crippen molar-refractivity contribution < 1.29 is 0 Å². The molecular weight excluding hydrogens is 182 g/mol. The van der Waals surface area contributed by atoms with Crippen molar-refractivity contribution in [3.63, 3.8) is 0 Å². The highest BCUT2D eigenvalue weighted by atomic mass is 14.9. The van der Waals surface area contributed by atoms with Gasteiger partial charge in [-0.3, -0.25) is 0 Å². The lowest BCUT2D eigenvalue weighted by molar-refractivity contribution is 0.396. The minimum absolute atomic E-state index is 0.567. The summed E-state index contributed by atoms with van der Waals surface area (Å²) in [6.45, 7) is 8.01. The van der Waals surface area contributed by atoms with Gasteiger partial charge >= 0.3 is 0 Å². The van der Waals surface area contributed by atoms with Crippen LogP contribution in [0.1, 0.15) is 50.3 Å². The van der Waals surface area contributed by atoms with Crippen molar-refractivity contribution in [2.24, 2.45) is 5.92 Å². The van der Waals surface area contributed by atoms with Gasteiger partial charge in [0.2, 0.25) is 0 Å². The average molecular weight is 203 g/mol. The Morgan fingerprint density at radius 1 is 1.27 bits per heavy atom. The number of hydrogen-bond donors (Lipinski definition) is 1. The van der Waals surface area contributed by atoms with E-state index in [0.29, 0.717) is 12.0 Å². The van der Waals surface area contributed by atoms with Crippen LogP contribution in [0.4, 0.5) is 0 Å². The highest BCUT2D eigenvalue weighted by molar-refractivity contribution is 5.35. The number of rotatable bonds is 2. The predicted molar refractivity (Wildman–Crippen MR) is 65.1 cm³/mol. The maximum Gasteiger partial charge on any atom is 0.0325 e. The first-order valence-electron chi connectivity index (χ1n) is 6.00. The number of hydrogen-bond acceptors (Lipinski definition) is 1. The second-order valence-electron chi connectivity index (χ2n) is 5.12. The van der Waals surface area contributed by atoms with Crippen LogP contribution in [0.15, 0.2) is 24.3 Å². The Morgan fingerprint density at radius 2 is 1.93 bits per heavy atom. The van der Waals surface area contributed by atoms with E-state index in [4.69, 9.17) is 0 Å². The molecule has 15 heavy (non-hydrogen) atoms. The van der Waals surface area contributed by atoms with Crippen LogP contribution in [-0.4, -0.2) is 6.54 Å². The Bertz CT molecular complexity index is 330. The SMILES string of the molecule is CC(C)CC1NCC(C)c2ccccc21. The first-order valence-corrected chi connectivity index (χ1v) is 6.00. The van der Waals surface area contributed by atoms with Crippen molar-refractivity contribution >= 4 is 0 Å². The summed E-state index contributed by atoms with van der Waals surface area (Å²) in [4.78, 5) is 0. The monoisotopic (exact) mass is 203 g/mol. The van der Waals surface area contributed by atoms with Crippen molar-refractivity contribution in [1.82, 2.24) is 5.32 Å². The smallest absolute Gasteiger partial charge is 0.0325 e. The molecule has 1 aliphatic rings. The van der Waals surface area contributed by atoms with E-state index in [1.54, 1.807) is 5.56 Å². The number of nitrogens with one attached hydrogen (secondary N) is 1. The van der Waals surface area contributed by atoms with E-state index in [1.807, 2.05) is 0 Å². The van der Waals surface area contributed by atoms with Gasteiger partial charge in [-0.25, -0.2) is 0 Å². The molecule has 1 aliphatic heterocycles. The minimum atomic E-state index is 0.567. The fraction of sp³-hybridized carbons (Fsp3) is 0.571. The van der Waals surface area contributed by atoms with E-state index in [-0.39, 0.29) is 0 Å². The van der Waals surface area contributed by atoms with Crippen LogP contribution in [-0.2, 0) is 0 Å². The van der Waals surface area contributed by atoms with Crippen molar-refractivity contribution in [3.8, 4) is 0 Å². The lowest BCUT2D eigenvalue weighted by atomic mass is 9.85. The Morgan fingerprint density at radius 3 is 2.60 bits per heavy atom. The number of benzene rings is 1. The molecule has 1 N–H and O–H groups in total. The van der Waals surface area contributed by atoms with Gasteiger partial charge < -0.3 is 5.32 Å². The van der Waals surface area contributed by atoms with E-state index in [9.17, 15) is 0 Å². The summed E-state index contributed by atoms with van der Waals surface area (Å²) < 4.78 is 0. The minimum Gasteiger partial charge on any atom is -0.309 e. The van der Waals surface area contributed by atoms with Gasteiger partial charge in [-0.15, -0.1) is 0 Å². The predicted octanol–water partition coefficient (Wildman–Crippen LogP) is 3.48. The normalized spacial score (nSPS) is 25.3. The molecule has 0 fully saturated rings. The van der Waals surface area contributed by atoms with Gasteiger partial charge in [0.1, 0.15) is 0 Å². The molecule has 1 heterocycles. The molecule has 0 aromatic heterocycles. The third-order valence-corrected chi connectivity index (χ3v) is 3.28. The zero-order valence-corrected chi connectivity index (χ0v) is 9.96. The summed E-state index contributed by atoms with van der Waals surface area (Å²) in [6.07, 6.45) is 1.24. The quantitative estimate of drug-likeness (QED) is 0.776. The van der Waals surface area contributed by atoms with Gasteiger partial charge in [0.05, 0.1) is 0 Å². The molecule has 1 aromatic rings. The maximum atomic E-state index is 3.66. The van der Waals surface area contributed by atoms with Gasteiger partial charge in [0, 0.05) is 12.6 Å². The summed E-state index contributed by atoms with van der Waals surface area (Å²) in [6, 6.07) is 9.45. The summed E-state index contributed by atoms with van der Waals surface area (Å²) in [5.41, 5.74) is 3.06. The third-order valence-electron chi connectivity index (χ3n) is 3.28. The third kappa shape index (κ3) is 2.23. The van der Waals surface area contributed by atoms with Crippen molar-refractivity contribution in [2.75, 3.05) is 6.54 Å². The molecule has 0 spiro atoms. The molecule has 2 atom stereocenters. The molecule has 1 nitrogen and oxygen atoms in total. The number of fused-ring (bicyclic) bond motifs is 1. The van der Waals surface area contributed by atoms with Gasteiger partial charge in [-0.2, -0.15) is 0 Å². The molecule has 0 bridgehead atoms. The Labute approximate surface area is 92.9 Å². The van der Waals surface area contributed by atoms with Crippen LogP contribution < -0.4 is 5.32 Å². The van der Waals surface area contributed by atoms with Gasteiger partial charge in [0.25, 0.3) is 0 Å². The van der Waals surface area contributed by atoms with E-state index in [1.165, 1.54) is 12.0 Å². The second kappa shape index (κ2) is 4.36. The first kappa shape index (κ1) is 10.7. The Hall–Kier alpha value is -0.820. The molecule has 0 radical (unpaired) electrons. The van der Waals surface area contributed by atoms with E-state index in [2.05, 4.69) is 50.4 Å². The highest BCUT2D eigenvalue weighted by Gasteiger charge is 2.23. The van der Waals surface area contributed by atoms with Crippen molar-refractivity contribution in [1.29, 1.82) is 0 Å². The van der Waals surface area contributed by atoms with Crippen molar-refractivity contribution in [2.45, 2.75) is 39.2 Å². The van der Waals surface area contributed by atoms with Gasteiger partial charge in [-0.1, -0.05) is 45.0 Å². The lowest BCUT2D eigenvalue weighted by Gasteiger charge is -2.32. The van der Waals surface area contributed by atoms with Crippen LogP contribution in [0, 0.1) is 5.92 Å². The van der Waals surface area contributed by atoms with Crippen LogP contribution in [0.3, 0.4) is 0 Å². The molecule has 0 saturated carbocycles. The van der Waals surface area contributed by atoms with Crippen molar-refractivity contribution in [3.05, 3.63) is 35.4 Å². The zero-order chi connectivity index (χ0) is 10.8. The topological polar surface area (TPSA) is 12.0 Å². The van der Waals surface area contributed by atoms with Crippen LogP contribution in [0.2, 0.25) is 0 Å². The molecule has 0 amide bonds. The molecule has 82 valence electrons. The van der Waals surface area contributed by atoms with Crippen LogP contribution >= 0.6 is 0 Å². The summed E-state index contributed by atoms with van der Waals surface area (Å²) in [5, 5.41) is 3.66. The summed E-state index contributed by atoms with van der Waals surface area (Å²) in [7, 11) is 0. The van der Waals surface area contributed by atoms with E-state index < -0.39 is 0 Å². The van der Waals surface area contributed by atoms with E-state index in [0.717, 1.165) is 12.5 Å². The van der Waals surface area contributed by atoms with E-state index >= 15 is 0 Å². The first-order chi connectivity index (χ1) is 7.18. The van der Waals surface area contributed by atoms with Gasteiger partial charge in [-0.05, 0) is 29.4 Å². The molecule has 1 heteroatoms. The average Bonchev–Trinajstić information content (AvgIpc) is 2.22. The molecular formula is C14H21N. The fourth-order valence-corrected chi connectivity index (χ4v) is 2.50.